The van der Waals surface area contributed by atoms with Gasteiger partial charge in [-0.2, -0.15) is 0 Å². The Balaban J connectivity index is 2.11. The molecule has 1 aromatic rings. The molecule has 0 spiro atoms. The second-order valence-electron chi connectivity index (χ2n) is 3.78. The molecule has 0 saturated heterocycles. The number of aromatic nitrogens is 2. The molecule has 1 saturated carbocycles. The van der Waals surface area contributed by atoms with Gasteiger partial charge in [-0.1, -0.05) is 0 Å². The van der Waals surface area contributed by atoms with Crippen molar-refractivity contribution in [3.05, 3.63) is 18.2 Å². The molecular formula is C9H13F2N3. The van der Waals surface area contributed by atoms with E-state index in [1.54, 1.807) is 6.20 Å². The number of hydrogen-bond acceptors (Lipinski definition) is 2. The molecule has 1 heterocycles. The van der Waals surface area contributed by atoms with E-state index in [0.717, 1.165) is 18.5 Å². The summed E-state index contributed by atoms with van der Waals surface area (Å²) in [5.74, 6) is -2.39. The van der Waals surface area contributed by atoms with Crippen LogP contribution in [-0.4, -0.2) is 22.0 Å². The molecule has 1 fully saturated rings. The van der Waals surface area contributed by atoms with Crippen LogP contribution in [0.4, 0.5) is 8.78 Å². The molecule has 3 nitrogen and oxygen atoms in total. The second kappa shape index (κ2) is 3.31. The maximum absolute atomic E-state index is 13.0. The molecule has 0 aromatic carbocycles. The highest BCUT2D eigenvalue weighted by molar-refractivity contribution is 5.12. The number of alkyl halides is 2. The quantitative estimate of drug-likeness (QED) is 0.799. The molecule has 1 aromatic heterocycles. The van der Waals surface area contributed by atoms with Crippen molar-refractivity contribution in [1.29, 1.82) is 0 Å². The number of imidazole rings is 1. The van der Waals surface area contributed by atoms with Gasteiger partial charge < -0.3 is 10.3 Å². The Morgan fingerprint density at radius 2 is 2.29 bits per heavy atom. The highest BCUT2D eigenvalue weighted by Gasteiger charge is 2.32. The topological polar surface area (TPSA) is 43.8 Å². The lowest BCUT2D eigenvalue weighted by atomic mass is 10.3. The van der Waals surface area contributed by atoms with Crippen LogP contribution in [0.2, 0.25) is 0 Å². The molecular weight excluding hydrogens is 188 g/mol. The predicted octanol–water partition coefficient (Wildman–Crippen LogP) is 1.35. The largest absolute Gasteiger partial charge is 0.328 e. The van der Waals surface area contributed by atoms with Gasteiger partial charge in [0.1, 0.15) is 0 Å². The average molecular weight is 201 g/mol. The molecule has 0 radical (unpaired) electrons. The fourth-order valence-electron chi connectivity index (χ4n) is 1.50. The first-order chi connectivity index (χ1) is 6.62. The fraction of sp³-hybridized carbons (Fsp3) is 0.667. The molecule has 0 aliphatic heterocycles. The third-order valence-electron chi connectivity index (χ3n) is 2.44. The van der Waals surface area contributed by atoms with E-state index < -0.39 is 12.5 Å². The van der Waals surface area contributed by atoms with Crippen molar-refractivity contribution in [2.45, 2.75) is 31.2 Å². The van der Waals surface area contributed by atoms with Crippen molar-refractivity contribution in [3.8, 4) is 0 Å². The maximum atomic E-state index is 13.0. The second-order valence-corrected chi connectivity index (χ2v) is 3.78. The monoisotopic (exact) mass is 201 g/mol. The number of nitrogens with zero attached hydrogens (tertiary/aromatic N) is 2. The van der Waals surface area contributed by atoms with Crippen LogP contribution >= 0.6 is 0 Å². The van der Waals surface area contributed by atoms with Crippen molar-refractivity contribution in [1.82, 2.24) is 9.55 Å². The summed E-state index contributed by atoms with van der Waals surface area (Å²) < 4.78 is 27.5. The maximum Gasteiger partial charge on any atom is 0.277 e. The van der Waals surface area contributed by atoms with E-state index in [1.165, 1.54) is 10.9 Å². The number of halogens is 2. The summed E-state index contributed by atoms with van der Waals surface area (Å²) in [5.41, 5.74) is 5.90. The Morgan fingerprint density at radius 1 is 1.57 bits per heavy atom. The first-order valence-electron chi connectivity index (χ1n) is 4.70. The van der Waals surface area contributed by atoms with Crippen LogP contribution < -0.4 is 5.73 Å². The molecule has 0 amide bonds. The Labute approximate surface area is 80.9 Å². The van der Waals surface area contributed by atoms with E-state index >= 15 is 0 Å². The van der Waals surface area contributed by atoms with Crippen LogP contribution in [0.25, 0.3) is 0 Å². The zero-order valence-electron chi connectivity index (χ0n) is 7.79. The molecule has 2 rings (SSSR count). The number of nitrogens with two attached hydrogens (primary N) is 1. The van der Waals surface area contributed by atoms with Gasteiger partial charge >= 0.3 is 0 Å². The summed E-state index contributed by atoms with van der Waals surface area (Å²) in [4.78, 5) is 3.89. The third kappa shape index (κ3) is 1.92. The molecule has 1 aliphatic carbocycles. The lowest BCUT2D eigenvalue weighted by Gasteiger charge is -2.16. The Hall–Kier alpha value is -0.970. The molecule has 2 N–H and O–H groups in total. The Bertz CT molecular complexity index is 318. The standard InChI is InChI=1S/C9H13F2N3/c10-9(11,4-12)5-14-6-13-3-8(14)7-1-2-7/h3,6-7H,1-2,4-5,12H2. The molecule has 1 aliphatic rings. The molecule has 0 atom stereocenters. The zero-order valence-corrected chi connectivity index (χ0v) is 7.79. The summed E-state index contributed by atoms with van der Waals surface area (Å²) in [6, 6.07) is 0. The minimum atomic E-state index is -2.83. The van der Waals surface area contributed by atoms with E-state index in [4.69, 9.17) is 5.73 Å². The third-order valence-corrected chi connectivity index (χ3v) is 2.44. The van der Waals surface area contributed by atoms with Crippen molar-refractivity contribution < 1.29 is 8.78 Å². The van der Waals surface area contributed by atoms with Gasteiger partial charge in [0.05, 0.1) is 19.4 Å². The van der Waals surface area contributed by atoms with Crippen LogP contribution in [0.5, 0.6) is 0 Å². The molecule has 5 heteroatoms. The Morgan fingerprint density at radius 3 is 2.86 bits per heavy atom. The van der Waals surface area contributed by atoms with Gasteiger partial charge in [0.15, 0.2) is 0 Å². The van der Waals surface area contributed by atoms with E-state index in [2.05, 4.69) is 4.98 Å². The van der Waals surface area contributed by atoms with Crippen LogP contribution in [-0.2, 0) is 6.54 Å². The normalized spacial score (nSPS) is 17.4. The average Bonchev–Trinajstić information content (AvgIpc) is 2.88. The first-order valence-corrected chi connectivity index (χ1v) is 4.70. The van der Waals surface area contributed by atoms with Crippen LogP contribution in [0.1, 0.15) is 24.5 Å². The van der Waals surface area contributed by atoms with E-state index in [0.29, 0.717) is 5.92 Å². The van der Waals surface area contributed by atoms with Gasteiger partial charge in [0, 0.05) is 17.8 Å². The molecule has 0 bridgehead atoms. The lowest BCUT2D eigenvalue weighted by molar-refractivity contribution is -0.00728. The van der Waals surface area contributed by atoms with Gasteiger partial charge in [-0.15, -0.1) is 0 Å². The lowest BCUT2D eigenvalue weighted by Crippen LogP contribution is -2.33. The van der Waals surface area contributed by atoms with Gasteiger partial charge in [0.25, 0.3) is 5.92 Å². The minimum Gasteiger partial charge on any atom is -0.328 e. The van der Waals surface area contributed by atoms with Crippen molar-refractivity contribution in [3.63, 3.8) is 0 Å². The van der Waals surface area contributed by atoms with Crippen molar-refractivity contribution >= 4 is 0 Å². The first kappa shape index (κ1) is 9.58. The number of hydrogen-bond donors (Lipinski definition) is 1. The van der Waals surface area contributed by atoms with Gasteiger partial charge in [-0.25, -0.2) is 13.8 Å². The highest BCUT2D eigenvalue weighted by atomic mass is 19.3. The summed E-state index contributed by atoms with van der Waals surface area (Å²) in [7, 11) is 0. The van der Waals surface area contributed by atoms with E-state index in [9.17, 15) is 8.78 Å². The highest BCUT2D eigenvalue weighted by Crippen LogP contribution is 2.40. The van der Waals surface area contributed by atoms with Gasteiger partial charge in [-0.05, 0) is 12.8 Å². The molecule has 78 valence electrons. The summed E-state index contributed by atoms with van der Waals surface area (Å²) in [5, 5.41) is 0. The van der Waals surface area contributed by atoms with Gasteiger partial charge in [0.2, 0.25) is 0 Å². The number of rotatable bonds is 4. The molecule has 0 unspecified atom stereocenters. The van der Waals surface area contributed by atoms with E-state index in [-0.39, 0.29) is 6.54 Å². The summed E-state index contributed by atoms with van der Waals surface area (Å²) >= 11 is 0. The van der Waals surface area contributed by atoms with Crippen molar-refractivity contribution in [2.24, 2.45) is 5.73 Å². The molecule has 14 heavy (non-hydrogen) atoms. The smallest absolute Gasteiger partial charge is 0.277 e. The fourth-order valence-corrected chi connectivity index (χ4v) is 1.50. The SMILES string of the molecule is NCC(F)(F)Cn1cncc1C1CC1. The van der Waals surface area contributed by atoms with Crippen LogP contribution in [0.15, 0.2) is 12.5 Å². The summed E-state index contributed by atoms with van der Waals surface area (Å²) in [6.45, 7) is -0.968. The zero-order chi connectivity index (χ0) is 10.2. The Kier molecular flexibility index (Phi) is 2.26. The van der Waals surface area contributed by atoms with Crippen molar-refractivity contribution in [2.75, 3.05) is 6.54 Å². The minimum absolute atomic E-state index is 0.352. The van der Waals surface area contributed by atoms with E-state index in [1.807, 2.05) is 0 Å². The van der Waals surface area contributed by atoms with Crippen LogP contribution in [0, 0.1) is 0 Å². The van der Waals surface area contributed by atoms with Gasteiger partial charge in [-0.3, -0.25) is 0 Å². The summed E-state index contributed by atoms with van der Waals surface area (Å²) in [6.07, 6.45) is 5.29. The van der Waals surface area contributed by atoms with Crippen LogP contribution in [0.3, 0.4) is 0 Å². The predicted molar refractivity (Wildman–Crippen MR) is 48.2 cm³/mol.